The second kappa shape index (κ2) is 4.97. The third-order valence-electron chi connectivity index (χ3n) is 4.02. The van der Waals surface area contributed by atoms with Crippen molar-refractivity contribution in [2.75, 3.05) is 20.2 Å². The molecule has 1 N–H and O–H groups in total. The van der Waals surface area contributed by atoms with Gasteiger partial charge in [-0.25, -0.2) is 0 Å². The molecule has 1 saturated carbocycles. The Labute approximate surface area is 91.6 Å². The fourth-order valence-corrected chi connectivity index (χ4v) is 3.17. The van der Waals surface area contributed by atoms with Crippen molar-refractivity contribution >= 4 is 5.97 Å². The second-order valence-corrected chi connectivity index (χ2v) is 4.85. The first-order valence-corrected chi connectivity index (χ1v) is 6.11. The van der Waals surface area contributed by atoms with Crippen molar-refractivity contribution in [1.29, 1.82) is 0 Å². The molecule has 1 saturated heterocycles. The van der Waals surface area contributed by atoms with Crippen LogP contribution in [0.5, 0.6) is 0 Å². The van der Waals surface area contributed by atoms with E-state index in [1.165, 1.54) is 39.2 Å². The number of carbonyl (C=O) groups excluding carboxylic acids is 1. The molecular weight excluding hydrogens is 190 g/mol. The van der Waals surface area contributed by atoms with E-state index in [1.54, 1.807) is 0 Å². The van der Waals surface area contributed by atoms with Gasteiger partial charge in [0, 0.05) is 6.54 Å². The fraction of sp³-hybridized carbons (Fsp3) is 0.917. The summed E-state index contributed by atoms with van der Waals surface area (Å²) in [7, 11) is 1.50. The van der Waals surface area contributed by atoms with Gasteiger partial charge in [-0.05, 0) is 18.4 Å². The molecule has 0 aromatic rings. The van der Waals surface area contributed by atoms with Crippen molar-refractivity contribution in [1.82, 2.24) is 5.32 Å². The van der Waals surface area contributed by atoms with Gasteiger partial charge in [-0.3, -0.25) is 4.79 Å². The van der Waals surface area contributed by atoms with Gasteiger partial charge in [0.1, 0.15) is 0 Å². The first kappa shape index (κ1) is 10.9. The molecule has 0 aromatic heterocycles. The molecular formula is C12H21NO2. The van der Waals surface area contributed by atoms with Crippen molar-refractivity contribution in [2.24, 2.45) is 17.8 Å². The van der Waals surface area contributed by atoms with Gasteiger partial charge in [-0.1, -0.05) is 32.1 Å². The molecule has 2 fully saturated rings. The van der Waals surface area contributed by atoms with E-state index < -0.39 is 0 Å². The summed E-state index contributed by atoms with van der Waals surface area (Å²) in [4.78, 5) is 11.6. The van der Waals surface area contributed by atoms with Crippen LogP contribution in [0.15, 0.2) is 0 Å². The highest BCUT2D eigenvalue weighted by molar-refractivity contribution is 5.73. The molecule has 1 aliphatic carbocycles. The highest BCUT2D eigenvalue weighted by Gasteiger charge is 2.38. The number of carbonyl (C=O) groups is 1. The Morgan fingerprint density at radius 2 is 1.93 bits per heavy atom. The third-order valence-corrected chi connectivity index (χ3v) is 4.02. The molecule has 0 spiro atoms. The van der Waals surface area contributed by atoms with E-state index in [0.29, 0.717) is 5.92 Å². The fourth-order valence-electron chi connectivity index (χ4n) is 3.17. The number of methoxy groups -OCH3 is 1. The van der Waals surface area contributed by atoms with Crippen LogP contribution < -0.4 is 5.32 Å². The molecule has 1 aliphatic heterocycles. The molecule has 2 rings (SSSR count). The minimum Gasteiger partial charge on any atom is -0.469 e. The number of hydrogen-bond donors (Lipinski definition) is 1. The zero-order valence-corrected chi connectivity index (χ0v) is 9.50. The molecule has 3 nitrogen and oxygen atoms in total. The number of ether oxygens (including phenoxy) is 1. The van der Waals surface area contributed by atoms with Gasteiger partial charge in [0.05, 0.1) is 13.0 Å². The van der Waals surface area contributed by atoms with Crippen molar-refractivity contribution in [3.05, 3.63) is 0 Å². The van der Waals surface area contributed by atoms with E-state index in [1.807, 2.05) is 0 Å². The minimum absolute atomic E-state index is 0.0180. The van der Waals surface area contributed by atoms with E-state index in [2.05, 4.69) is 5.32 Å². The van der Waals surface area contributed by atoms with E-state index in [0.717, 1.165) is 19.0 Å². The molecule has 0 bridgehead atoms. The SMILES string of the molecule is COC(=O)[C@@H]1CNC[C@H]1C1CCCCC1. The molecule has 0 unspecified atom stereocenters. The molecule has 15 heavy (non-hydrogen) atoms. The maximum atomic E-state index is 11.6. The molecule has 0 aromatic carbocycles. The summed E-state index contributed by atoms with van der Waals surface area (Å²) in [6.07, 6.45) is 6.67. The molecule has 3 heteroatoms. The molecule has 2 aliphatic rings. The van der Waals surface area contributed by atoms with Crippen molar-refractivity contribution in [3.63, 3.8) is 0 Å². The smallest absolute Gasteiger partial charge is 0.310 e. The number of nitrogens with one attached hydrogen (secondary N) is 1. The summed E-state index contributed by atoms with van der Waals surface area (Å²) in [5, 5.41) is 3.33. The van der Waals surface area contributed by atoms with Crippen LogP contribution in [0.2, 0.25) is 0 Å². The maximum Gasteiger partial charge on any atom is 0.310 e. The van der Waals surface area contributed by atoms with E-state index in [9.17, 15) is 4.79 Å². The Morgan fingerprint density at radius 3 is 2.60 bits per heavy atom. The molecule has 2 atom stereocenters. The Hall–Kier alpha value is -0.570. The van der Waals surface area contributed by atoms with Gasteiger partial charge in [-0.15, -0.1) is 0 Å². The largest absolute Gasteiger partial charge is 0.469 e. The summed E-state index contributed by atoms with van der Waals surface area (Å²) in [5.74, 6) is 1.37. The standard InChI is InChI=1S/C12H21NO2/c1-15-12(14)11-8-13-7-10(11)9-5-3-2-4-6-9/h9-11,13H,2-8H2,1H3/t10-,11+/m0/s1. The summed E-state index contributed by atoms with van der Waals surface area (Å²) in [5.41, 5.74) is 0. The van der Waals surface area contributed by atoms with Gasteiger partial charge in [0.25, 0.3) is 0 Å². The molecule has 0 radical (unpaired) electrons. The van der Waals surface area contributed by atoms with Gasteiger partial charge in [-0.2, -0.15) is 0 Å². The quantitative estimate of drug-likeness (QED) is 0.705. The Balaban J connectivity index is 1.97. The van der Waals surface area contributed by atoms with Crippen LogP contribution in [0.25, 0.3) is 0 Å². The maximum absolute atomic E-state index is 11.6. The Morgan fingerprint density at radius 1 is 1.20 bits per heavy atom. The van der Waals surface area contributed by atoms with Gasteiger partial charge < -0.3 is 10.1 Å². The lowest BCUT2D eigenvalue weighted by molar-refractivity contribution is -0.146. The average Bonchev–Trinajstić information content (AvgIpc) is 2.78. The second-order valence-electron chi connectivity index (χ2n) is 4.85. The molecule has 0 amide bonds. The van der Waals surface area contributed by atoms with Gasteiger partial charge in [0.2, 0.25) is 0 Å². The third kappa shape index (κ3) is 2.33. The van der Waals surface area contributed by atoms with Crippen molar-refractivity contribution in [2.45, 2.75) is 32.1 Å². The molecule has 86 valence electrons. The monoisotopic (exact) mass is 211 g/mol. The Bertz CT molecular complexity index is 224. The lowest BCUT2D eigenvalue weighted by Gasteiger charge is -2.29. The highest BCUT2D eigenvalue weighted by atomic mass is 16.5. The summed E-state index contributed by atoms with van der Waals surface area (Å²) in [6, 6.07) is 0. The van der Waals surface area contributed by atoms with Crippen molar-refractivity contribution in [3.8, 4) is 0 Å². The summed E-state index contributed by atoms with van der Waals surface area (Å²) < 4.78 is 4.88. The van der Waals surface area contributed by atoms with Crippen LogP contribution in [0.3, 0.4) is 0 Å². The average molecular weight is 211 g/mol. The number of rotatable bonds is 2. The zero-order chi connectivity index (χ0) is 10.7. The van der Waals surface area contributed by atoms with Crippen LogP contribution in [-0.2, 0) is 9.53 Å². The van der Waals surface area contributed by atoms with Crippen molar-refractivity contribution < 1.29 is 9.53 Å². The van der Waals surface area contributed by atoms with Crippen LogP contribution in [0.4, 0.5) is 0 Å². The minimum atomic E-state index is -0.0180. The van der Waals surface area contributed by atoms with Crippen LogP contribution in [0, 0.1) is 17.8 Å². The topological polar surface area (TPSA) is 38.3 Å². The first-order valence-electron chi connectivity index (χ1n) is 6.11. The lowest BCUT2D eigenvalue weighted by atomic mass is 9.75. The van der Waals surface area contributed by atoms with E-state index >= 15 is 0 Å². The van der Waals surface area contributed by atoms with Gasteiger partial charge in [0.15, 0.2) is 0 Å². The highest BCUT2D eigenvalue weighted by Crippen LogP contribution is 2.36. The predicted octanol–water partition coefficient (Wildman–Crippen LogP) is 1.58. The van der Waals surface area contributed by atoms with Crippen LogP contribution in [0.1, 0.15) is 32.1 Å². The van der Waals surface area contributed by atoms with E-state index in [-0.39, 0.29) is 11.9 Å². The summed E-state index contributed by atoms with van der Waals surface area (Å²) in [6.45, 7) is 1.82. The normalized spacial score (nSPS) is 32.9. The lowest BCUT2D eigenvalue weighted by Crippen LogP contribution is -2.30. The first-order chi connectivity index (χ1) is 7.33. The zero-order valence-electron chi connectivity index (χ0n) is 9.50. The van der Waals surface area contributed by atoms with Gasteiger partial charge >= 0.3 is 5.97 Å². The van der Waals surface area contributed by atoms with E-state index in [4.69, 9.17) is 4.74 Å². The predicted molar refractivity (Wildman–Crippen MR) is 58.4 cm³/mol. The number of hydrogen-bond acceptors (Lipinski definition) is 3. The van der Waals surface area contributed by atoms with Crippen LogP contribution >= 0.6 is 0 Å². The summed E-state index contributed by atoms with van der Waals surface area (Å²) >= 11 is 0. The number of esters is 1. The molecule has 1 heterocycles. The Kier molecular flexibility index (Phi) is 3.62. The van der Waals surface area contributed by atoms with Crippen LogP contribution in [-0.4, -0.2) is 26.2 Å².